The predicted molar refractivity (Wildman–Crippen MR) is 577 cm³/mol. The third-order valence-electron chi connectivity index (χ3n) is 28.3. The van der Waals surface area contributed by atoms with E-state index in [9.17, 15) is 0 Å². The zero-order chi connectivity index (χ0) is 89.4. The minimum atomic E-state index is 1.16. The van der Waals surface area contributed by atoms with Gasteiger partial charge >= 0.3 is 0 Å². The van der Waals surface area contributed by atoms with Gasteiger partial charge in [0.2, 0.25) is 0 Å². The van der Waals surface area contributed by atoms with E-state index in [2.05, 4.69) is 537 Å². The van der Waals surface area contributed by atoms with E-state index in [1.54, 1.807) is 0 Å². The van der Waals surface area contributed by atoms with Gasteiger partial charge in [-0.2, -0.15) is 0 Å². The van der Waals surface area contributed by atoms with E-state index in [4.69, 9.17) is 0 Å². The Hall–Kier alpha value is -18.1. The molecule has 0 fully saturated rings. The maximum absolute atomic E-state index is 2.43. The van der Waals surface area contributed by atoms with Crippen molar-refractivity contribution in [1.82, 2.24) is 27.4 Å². The molecular weight excluding hydrogens is 1650 g/mol. The summed E-state index contributed by atoms with van der Waals surface area (Å²) in [5.41, 5.74) is 31.5. The molecule has 23 aromatic carbocycles. The van der Waals surface area contributed by atoms with Gasteiger partial charge in [-0.05, 0) is 258 Å². The summed E-state index contributed by atoms with van der Waals surface area (Å²) in [5.74, 6) is 0. The smallest absolute Gasteiger partial charge is 0.0541 e. The Balaban J connectivity index is 0.000000104. The average molecular weight is 1730 g/mol. The molecule has 29 aromatic rings. The molecule has 0 N–H and O–H groups in total. The van der Waals surface area contributed by atoms with Crippen LogP contribution in [0.15, 0.2) is 510 Å². The molecule has 0 unspecified atom stereocenters. The van der Waals surface area contributed by atoms with Crippen LogP contribution in [-0.2, 0) is 0 Å². The molecule has 0 spiro atoms. The van der Waals surface area contributed by atoms with Crippen molar-refractivity contribution in [3.8, 4) is 78.6 Å². The molecule has 0 saturated heterocycles. The number of rotatable bonds is 10. The zero-order valence-corrected chi connectivity index (χ0v) is 74.2. The Kier molecular flexibility index (Phi) is 18.2. The van der Waals surface area contributed by atoms with Gasteiger partial charge in [-0.3, -0.25) is 0 Å². The van der Waals surface area contributed by atoms with Crippen LogP contribution in [0.3, 0.4) is 0 Å². The molecule has 29 rings (SSSR count). The van der Waals surface area contributed by atoms with Crippen LogP contribution in [0, 0.1) is 0 Å². The second-order valence-corrected chi connectivity index (χ2v) is 35.8. The molecule has 136 heavy (non-hydrogen) atoms. The molecule has 0 bridgehead atoms. The van der Waals surface area contributed by atoms with Crippen molar-refractivity contribution in [2.24, 2.45) is 0 Å². The third-order valence-corrected chi connectivity index (χ3v) is 28.3. The summed E-state index contributed by atoms with van der Waals surface area (Å²) in [4.78, 5) is 0. The topological polar surface area (TPSA) is 29.6 Å². The Bertz CT molecular complexity index is 9880. The van der Waals surface area contributed by atoms with Crippen LogP contribution < -0.4 is 0 Å². The molecule has 0 aliphatic rings. The molecule has 0 atom stereocenters. The number of nitrogens with zero attached hydrogens (tertiary/aromatic N) is 6. The van der Waals surface area contributed by atoms with Crippen LogP contribution in [0.4, 0.5) is 0 Å². The molecule has 0 aliphatic carbocycles. The highest BCUT2D eigenvalue weighted by Gasteiger charge is 2.23. The fraction of sp³-hybridized carbons (Fsp3) is 0. The highest BCUT2D eigenvalue weighted by molar-refractivity contribution is 6.18. The number of aromatic nitrogens is 6. The summed E-state index contributed by atoms with van der Waals surface area (Å²) in [6.45, 7) is 0. The van der Waals surface area contributed by atoms with Crippen molar-refractivity contribution < 1.29 is 0 Å². The highest BCUT2D eigenvalue weighted by atomic mass is 15.0. The number of fused-ring (bicyclic) bond motifs is 22. The quantitative estimate of drug-likeness (QED) is 0.131. The predicted octanol–water partition coefficient (Wildman–Crippen LogP) is 34.9. The largest absolute Gasteiger partial charge is 0.309 e. The van der Waals surface area contributed by atoms with Crippen molar-refractivity contribution in [3.05, 3.63) is 510 Å². The number of hydrogen-bond acceptors (Lipinski definition) is 0. The maximum atomic E-state index is 2.43. The minimum absolute atomic E-state index is 1.16. The second-order valence-electron chi connectivity index (χ2n) is 35.8. The molecule has 0 saturated carbocycles. The summed E-state index contributed by atoms with van der Waals surface area (Å²) in [6, 6.07) is 186. The van der Waals surface area contributed by atoms with E-state index in [0.29, 0.717) is 0 Å². The molecule has 6 nitrogen and oxygen atoms in total. The summed E-state index contributed by atoms with van der Waals surface area (Å²) < 4.78 is 14.4. The van der Waals surface area contributed by atoms with Crippen LogP contribution >= 0.6 is 0 Å². The molecule has 634 valence electrons. The van der Waals surface area contributed by atoms with Crippen molar-refractivity contribution in [3.63, 3.8) is 0 Å². The Morgan fingerprint density at radius 2 is 0.309 bits per heavy atom. The van der Waals surface area contributed by atoms with Crippen molar-refractivity contribution in [2.45, 2.75) is 0 Å². The zero-order valence-electron chi connectivity index (χ0n) is 74.2. The van der Waals surface area contributed by atoms with Gasteiger partial charge < -0.3 is 27.4 Å². The van der Waals surface area contributed by atoms with Crippen molar-refractivity contribution in [1.29, 1.82) is 0 Å². The van der Waals surface area contributed by atoms with Crippen LogP contribution in [0.1, 0.15) is 0 Å². The number of para-hydroxylation sites is 7. The van der Waals surface area contributed by atoms with Gasteiger partial charge in [0, 0.05) is 98.5 Å². The lowest BCUT2D eigenvalue weighted by Gasteiger charge is -2.12. The lowest BCUT2D eigenvalue weighted by molar-refractivity contribution is 1.18. The fourth-order valence-electron chi connectivity index (χ4n) is 21.9. The van der Waals surface area contributed by atoms with Crippen LogP contribution in [-0.4, -0.2) is 27.4 Å². The van der Waals surface area contributed by atoms with E-state index in [-0.39, 0.29) is 0 Å². The lowest BCUT2D eigenvalue weighted by Crippen LogP contribution is -1.95. The van der Waals surface area contributed by atoms with E-state index in [1.807, 2.05) is 0 Å². The second kappa shape index (κ2) is 31.9. The molecule has 6 aromatic heterocycles. The first-order valence-corrected chi connectivity index (χ1v) is 46.8. The first-order valence-electron chi connectivity index (χ1n) is 46.8. The van der Waals surface area contributed by atoms with E-state index < -0.39 is 0 Å². The van der Waals surface area contributed by atoms with Gasteiger partial charge in [0.25, 0.3) is 0 Å². The third kappa shape index (κ3) is 12.9. The van der Waals surface area contributed by atoms with Gasteiger partial charge in [-0.15, -0.1) is 0 Å². The lowest BCUT2D eigenvalue weighted by atomic mass is 10.0. The standard InChI is InChI=1S/C46H30N2.C44H28N2.C40H26N2/c1-2-10-31(11-3-1)33-18-23-37(24-19-33)47-43-16-8-6-14-39(43)41-29-35(21-26-45(41)47)36-22-27-46-42(30-36)40-15-7-9-17-44(40)48(46)38-25-20-32-12-4-5-13-34(32)28-38;1-2-12-31-26-34(23-20-29(31)10-1)45-41-17-7-5-15-36(41)38-27-32(21-24-43(38)45)33-22-25-44-39(28-33)37-16-6-8-18-42(37)46(44)40-19-9-13-30-11-3-4-14-35(30)40;1-2-12-31(13-3-1)41-37-16-8-6-14-33(37)35-25-29(19-22-39(35)41)30-20-23-40-36(26-30)34-15-7-9-17-38(34)42(40)32-21-18-27-10-4-5-11-28(27)24-32/h1-30H;1-28H;1-26H. The Morgan fingerprint density at radius 1 is 0.0956 bits per heavy atom. The Labute approximate surface area is 784 Å². The first-order chi connectivity index (χ1) is 67.4. The number of hydrogen-bond donors (Lipinski definition) is 0. The van der Waals surface area contributed by atoms with Crippen LogP contribution in [0.2, 0.25) is 0 Å². The van der Waals surface area contributed by atoms with Crippen LogP contribution in [0.5, 0.6) is 0 Å². The average Bonchev–Trinajstić information content (AvgIpc) is 1.59. The Morgan fingerprint density at radius 3 is 0.640 bits per heavy atom. The molecule has 0 radical (unpaired) electrons. The number of benzene rings is 23. The first kappa shape index (κ1) is 77.8. The van der Waals surface area contributed by atoms with Crippen LogP contribution in [0.25, 0.3) is 253 Å². The van der Waals surface area contributed by atoms with Crippen molar-refractivity contribution >= 4 is 174 Å². The van der Waals surface area contributed by atoms with E-state index in [0.717, 1.165) is 5.69 Å². The van der Waals surface area contributed by atoms with Gasteiger partial charge in [-0.1, -0.05) is 334 Å². The van der Waals surface area contributed by atoms with E-state index >= 15 is 0 Å². The molecular formula is C130H84N6. The maximum Gasteiger partial charge on any atom is 0.0541 e. The highest BCUT2D eigenvalue weighted by Crippen LogP contribution is 2.46. The molecule has 0 aliphatic heterocycles. The van der Waals surface area contributed by atoms with Gasteiger partial charge in [0.05, 0.1) is 71.9 Å². The van der Waals surface area contributed by atoms with Gasteiger partial charge in [0.15, 0.2) is 0 Å². The normalized spacial score (nSPS) is 11.8. The van der Waals surface area contributed by atoms with E-state index in [1.165, 1.54) is 247 Å². The van der Waals surface area contributed by atoms with Crippen molar-refractivity contribution in [2.75, 3.05) is 0 Å². The molecule has 6 heterocycles. The summed E-state index contributed by atoms with van der Waals surface area (Å²) in [6.07, 6.45) is 0. The summed E-state index contributed by atoms with van der Waals surface area (Å²) >= 11 is 0. The monoisotopic (exact) mass is 1730 g/mol. The minimum Gasteiger partial charge on any atom is -0.309 e. The SMILES string of the molecule is c1ccc(-c2ccc(-n3c4ccccc4c4cc(-c5ccc6c(c5)c5ccccc5n6-c5ccc6ccccc6c5)ccc43)cc2)cc1.c1ccc(-n2c3ccccc3c3cc(-c4ccc5c(c4)c4ccccc4n5-c4ccc5ccccc5c4)ccc32)cc1.c1ccc2cc(-n3c4ccccc4c4cc(-c5ccc6c(c5)c5ccccc5n6-c5cccc6ccccc56)ccc43)ccc2c1. The summed E-state index contributed by atoms with van der Waals surface area (Å²) in [7, 11) is 0. The van der Waals surface area contributed by atoms with Gasteiger partial charge in [-0.25, -0.2) is 0 Å². The fourth-order valence-corrected chi connectivity index (χ4v) is 21.9. The molecule has 6 heteroatoms. The van der Waals surface area contributed by atoms with Gasteiger partial charge in [0.1, 0.15) is 0 Å². The molecule has 0 amide bonds. The summed E-state index contributed by atoms with van der Waals surface area (Å²) in [5, 5.41) is 25.2.